The van der Waals surface area contributed by atoms with Crippen molar-refractivity contribution in [3.63, 3.8) is 0 Å². The molecule has 6 heteroatoms. The normalized spacial score (nSPS) is 18.1. The summed E-state index contributed by atoms with van der Waals surface area (Å²) in [6.07, 6.45) is 2.75. The van der Waals surface area contributed by atoms with Crippen LogP contribution >= 0.6 is 35.8 Å². The van der Waals surface area contributed by atoms with E-state index in [4.69, 9.17) is 11.6 Å². The van der Waals surface area contributed by atoms with E-state index >= 15 is 0 Å². The minimum absolute atomic E-state index is 0. The van der Waals surface area contributed by atoms with E-state index in [2.05, 4.69) is 10.6 Å². The molecular formula is C14H20Cl2N2OS. The topological polar surface area (TPSA) is 41.1 Å². The van der Waals surface area contributed by atoms with Crippen LogP contribution in [0.25, 0.3) is 0 Å². The Labute approximate surface area is 135 Å². The van der Waals surface area contributed by atoms with Crippen LogP contribution in [0.5, 0.6) is 0 Å². The molecule has 0 radical (unpaired) electrons. The quantitative estimate of drug-likeness (QED) is 0.813. The molecule has 1 amide bonds. The molecule has 3 nitrogen and oxygen atoms in total. The first kappa shape index (κ1) is 17.6. The van der Waals surface area contributed by atoms with Crippen LogP contribution in [0, 0.1) is 0 Å². The van der Waals surface area contributed by atoms with Gasteiger partial charge in [-0.2, -0.15) is 0 Å². The van der Waals surface area contributed by atoms with Crippen LogP contribution in [0.3, 0.4) is 0 Å². The highest BCUT2D eigenvalue weighted by atomic mass is 35.5. The lowest BCUT2D eigenvalue weighted by Crippen LogP contribution is -2.45. The summed E-state index contributed by atoms with van der Waals surface area (Å²) < 4.78 is 0. The fraction of sp³-hybridized carbons (Fsp3) is 0.500. The van der Waals surface area contributed by atoms with Crippen molar-refractivity contribution >= 4 is 41.7 Å². The Morgan fingerprint density at radius 2 is 2.25 bits per heavy atom. The molecule has 20 heavy (non-hydrogen) atoms. The summed E-state index contributed by atoms with van der Waals surface area (Å²) in [5.41, 5.74) is 0. The summed E-state index contributed by atoms with van der Waals surface area (Å²) in [4.78, 5) is 12.8. The van der Waals surface area contributed by atoms with Crippen molar-refractivity contribution in [2.24, 2.45) is 0 Å². The molecule has 2 N–H and O–H groups in total. The Bertz CT molecular complexity index is 425. The third kappa shape index (κ3) is 5.92. The van der Waals surface area contributed by atoms with Gasteiger partial charge in [0.05, 0.1) is 5.02 Å². The number of carbonyl (C=O) groups is 1. The maximum Gasteiger partial charge on any atom is 0.221 e. The van der Waals surface area contributed by atoms with Gasteiger partial charge in [0.1, 0.15) is 0 Å². The fourth-order valence-corrected chi connectivity index (χ4v) is 3.28. The maximum absolute atomic E-state index is 11.8. The van der Waals surface area contributed by atoms with E-state index < -0.39 is 0 Å². The number of benzene rings is 1. The highest BCUT2D eigenvalue weighted by molar-refractivity contribution is 7.99. The van der Waals surface area contributed by atoms with Crippen molar-refractivity contribution in [1.82, 2.24) is 10.6 Å². The highest BCUT2D eigenvalue weighted by Crippen LogP contribution is 2.26. The Morgan fingerprint density at radius 1 is 1.45 bits per heavy atom. The van der Waals surface area contributed by atoms with Crippen LogP contribution in [0.1, 0.15) is 19.3 Å². The molecule has 1 atom stereocenters. The van der Waals surface area contributed by atoms with E-state index in [1.165, 1.54) is 0 Å². The Kier molecular flexibility index (Phi) is 8.38. The molecule has 1 fully saturated rings. The van der Waals surface area contributed by atoms with Crippen molar-refractivity contribution < 1.29 is 4.79 Å². The third-order valence-corrected chi connectivity index (χ3v) is 4.60. The summed E-state index contributed by atoms with van der Waals surface area (Å²) in [6.45, 7) is 1.96. The average Bonchev–Trinajstić information content (AvgIpc) is 2.42. The summed E-state index contributed by atoms with van der Waals surface area (Å²) in [5.74, 6) is 0.892. The zero-order valence-electron chi connectivity index (χ0n) is 11.2. The monoisotopic (exact) mass is 334 g/mol. The first-order valence-electron chi connectivity index (χ1n) is 6.63. The number of amides is 1. The zero-order chi connectivity index (χ0) is 13.5. The van der Waals surface area contributed by atoms with Crippen LogP contribution in [-0.4, -0.2) is 30.8 Å². The molecule has 1 saturated heterocycles. The second kappa shape index (κ2) is 9.50. The number of carbonyl (C=O) groups excluding carboxylic acids is 1. The molecule has 0 saturated carbocycles. The van der Waals surface area contributed by atoms with Crippen molar-refractivity contribution in [1.29, 1.82) is 0 Å². The lowest BCUT2D eigenvalue weighted by atomic mass is 10.1. The number of thioether (sulfide) groups is 1. The predicted octanol–water partition coefficient (Wildman–Crippen LogP) is 3.11. The molecule has 0 bridgehead atoms. The van der Waals surface area contributed by atoms with Gasteiger partial charge in [-0.15, -0.1) is 24.2 Å². The van der Waals surface area contributed by atoms with Crippen LogP contribution in [0.2, 0.25) is 5.02 Å². The van der Waals surface area contributed by atoms with Gasteiger partial charge in [0.25, 0.3) is 0 Å². The summed E-state index contributed by atoms with van der Waals surface area (Å²) in [6, 6.07) is 8.02. The molecular weight excluding hydrogens is 315 g/mol. The van der Waals surface area contributed by atoms with Gasteiger partial charge >= 0.3 is 0 Å². The molecule has 0 unspecified atom stereocenters. The Balaban J connectivity index is 0.00000200. The summed E-state index contributed by atoms with van der Waals surface area (Å²) in [5, 5.41) is 7.12. The van der Waals surface area contributed by atoms with Gasteiger partial charge in [0.15, 0.2) is 0 Å². The lowest BCUT2D eigenvalue weighted by molar-refractivity contribution is -0.121. The second-order valence-electron chi connectivity index (χ2n) is 4.64. The van der Waals surface area contributed by atoms with Gasteiger partial charge in [-0.1, -0.05) is 23.7 Å². The van der Waals surface area contributed by atoms with Crippen LogP contribution in [0.15, 0.2) is 29.2 Å². The van der Waals surface area contributed by atoms with E-state index in [1.54, 1.807) is 11.8 Å². The molecule has 1 aliphatic rings. The second-order valence-corrected chi connectivity index (χ2v) is 6.18. The van der Waals surface area contributed by atoms with E-state index in [1.807, 2.05) is 24.3 Å². The number of nitrogens with one attached hydrogen (secondary N) is 2. The molecule has 0 spiro atoms. The first-order valence-corrected chi connectivity index (χ1v) is 7.99. The predicted molar refractivity (Wildman–Crippen MR) is 88.1 cm³/mol. The van der Waals surface area contributed by atoms with E-state index in [0.717, 1.165) is 41.6 Å². The fourth-order valence-electron chi connectivity index (χ4n) is 2.09. The number of hydrogen-bond acceptors (Lipinski definition) is 3. The minimum Gasteiger partial charge on any atom is -0.352 e. The highest BCUT2D eigenvalue weighted by Gasteiger charge is 2.14. The van der Waals surface area contributed by atoms with Gasteiger partial charge in [-0.05, 0) is 31.5 Å². The lowest BCUT2D eigenvalue weighted by Gasteiger charge is -2.23. The Morgan fingerprint density at radius 3 is 2.95 bits per heavy atom. The van der Waals surface area contributed by atoms with Gasteiger partial charge < -0.3 is 10.6 Å². The molecule has 1 aromatic carbocycles. The standard InChI is InChI=1S/C14H19ClN2OS.ClH/c15-12-5-1-2-6-13(12)19-9-7-14(18)17-11-4-3-8-16-10-11;/h1-2,5-6,11,16H,3-4,7-10H2,(H,17,18);1H/t11-;/m0./s1. The smallest absolute Gasteiger partial charge is 0.221 e. The zero-order valence-corrected chi connectivity index (χ0v) is 13.6. The van der Waals surface area contributed by atoms with E-state index in [0.29, 0.717) is 12.5 Å². The number of hydrogen-bond donors (Lipinski definition) is 2. The van der Waals surface area contributed by atoms with Crippen LogP contribution < -0.4 is 10.6 Å². The molecule has 0 aliphatic carbocycles. The van der Waals surface area contributed by atoms with E-state index in [9.17, 15) is 4.79 Å². The van der Waals surface area contributed by atoms with Crippen molar-refractivity contribution in [2.45, 2.75) is 30.2 Å². The SMILES string of the molecule is Cl.O=C(CCSc1ccccc1Cl)N[C@H]1CCCNC1. The largest absolute Gasteiger partial charge is 0.352 e. The maximum atomic E-state index is 11.8. The molecule has 1 heterocycles. The molecule has 0 aromatic heterocycles. The average molecular weight is 335 g/mol. The first-order chi connectivity index (χ1) is 9.25. The number of piperidine rings is 1. The van der Waals surface area contributed by atoms with Crippen molar-refractivity contribution in [2.75, 3.05) is 18.8 Å². The van der Waals surface area contributed by atoms with Crippen molar-refractivity contribution in [3.05, 3.63) is 29.3 Å². The van der Waals surface area contributed by atoms with Gasteiger partial charge in [0, 0.05) is 29.7 Å². The molecule has 1 aliphatic heterocycles. The third-order valence-electron chi connectivity index (χ3n) is 3.09. The number of rotatable bonds is 5. The van der Waals surface area contributed by atoms with Gasteiger partial charge in [-0.25, -0.2) is 0 Å². The number of halogens is 2. The summed E-state index contributed by atoms with van der Waals surface area (Å²) in [7, 11) is 0. The van der Waals surface area contributed by atoms with Gasteiger partial charge in [-0.3, -0.25) is 4.79 Å². The van der Waals surface area contributed by atoms with Crippen LogP contribution in [0.4, 0.5) is 0 Å². The van der Waals surface area contributed by atoms with Gasteiger partial charge in [0.2, 0.25) is 5.91 Å². The molecule has 2 rings (SSSR count). The van der Waals surface area contributed by atoms with E-state index in [-0.39, 0.29) is 18.3 Å². The van der Waals surface area contributed by atoms with Crippen LogP contribution in [-0.2, 0) is 4.79 Å². The summed E-state index contributed by atoms with van der Waals surface area (Å²) >= 11 is 7.69. The minimum atomic E-state index is 0. The van der Waals surface area contributed by atoms with Crippen molar-refractivity contribution in [3.8, 4) is 0 Å². The molecule has 1 aromatic rings. The molecule has 112 valence electrons. The Hall–Kier alpha value is -0.420.